The van der Waals surface area contributed by atoms with Gasteiger partial charge < -0.3 is 15.6 Å². The molecule has 3 N–H and O–H groups in total. The van der Waals surface area contributed by atoms with Crippen molar-refractivity contribution in [3.05, 3.63) is 69.0 Å². The molecule has 0 fully saturated rings. The zero-order valence-electron chi connectivity index (χ0n) is 15.8. The molecule has 1 amide bonds. The van der Waals surface area contributed by atoms with Gasteiger partial charge in [0.2, 0.25) is 5.91 Å². The fourth-order valence-corrected chi connectivity index (χ4v) is 3.56. The maximum absolute atomic E-state index is 14.4. The lowest BCUT2D eigenvalue weighted by Gasteiger charge is -2.17. The van der Waals surface area contributed by atoms with Crippen LogP contribution >= 0.6 is 11.6 Å². The van der Waals surface area contributed by atoms with Crippen LogP contribution in [-0.4, -0.2) is 15.9 Å². The van der Waals surface area contributed by atoms with Gasteiger partial charge in [0.15, 0.2) is 0 Å². The van der Waals surface area contributed by atoms with Crippen molar-refractivity contribution in [2.75, 3.05) is 10.6 Å². The van der Waals surface area contributed by atoms with Crippen LogP contribution in [0, 0.1) is 5.82 Å². The number of anilines is 3. The molecule has 6 nitrogen and oxygen atoms in total. The number of aromatic amines is 1. The molecule has 0 saturated heterocycles. The summed E-state index contributed by atoms with van der Waals surface area (Å²) in [5.41, 5.74) is 2.60. The molecule has 4 rings (SSSR count). The van der Waals surface area contributed by atoms with Gasteiger partial charge in [-0.2, -0.15) is 0 Å². The third-order valence-electron chi connectivity index (χ3n) is 4.79. The number of fused-ring (bicyclic) bond motifs is 1. The Labute approximate surface area is 171 Å². The van der Waals surface area contributed by atoms with E-state index in [1.54, 1.807) is 18.3 Å². The van der Waals surface area contributed by atoms with E-state index in [0.717, 1.165) is 5.56 Å². The van der Waals surface area contributed by atoms with Crippen molar-refractivity contribution in [1.82, 2.24) is 9.97 Å². The van der Waals surface area contributed by atoms with E-state index in [1.165, 1.54) is 18.2 Å². The topological polar surface area (TPSA) is 86.9 Å². The molecule has 1 aliphatic rings. The number of carbonyl (C=O) groups is 1. The van der Waals surface area contributed by atoms with Gasteiger partial charge >= 0.3 is 0 Å². The minimum atomic E-state index is -0.539. The van der Waals surface area contributed by atoms with Crippen molar-refractivity contribution in [3.63, 3.8) is 0 Å². The predicted molar refractivity (Wildman–Crippen MR) is 111 cm³/mol. The molecule has 29 heavy (non-hydrogen) atoms. The number of aromatic nitrogens is 2. The summed E-state index contributed by atoms with van der Waals surface area (Å²) in [7, 11) is 0. The normalized spacial score (nSPS) is 12.8. The Bertz CT molecular complexity index is 1190. The summed E-state index contributed by atoms with van der Waals surface area (Å²) >= 11 is 6.01. The molecular weight excluding hydrogens is 395 g/mol. The van der Waals surface area contributed by atoms with Crippen LogP contribution in [0.5, 0.6) is 0 Å². The molecule has 1 aromatic carbocycles. The van der Waals surface area contributed by atoms with Crippen molar-refractivity contribution in [2.45, 2.75) is 26.2 Å². The number of pyridine rings is 2. The van der Waals surface area contributed by atoms with Crippen LogP contribution in [0.4, 0.5) is 21.6 Å². The maximum atomic E-state index is 14.4. The lowest BCUT2D eigenvalue weighted by molar-refractivity contribution is -0.115. The summed E-state index contributed by atoms with van der Waals surface area (Å²) in [6.45, 7) is 3.89. The number of amides is 1. The van der Waals surface area contributed by atoms with Gasteiger partial charge in [0.25, 0.3) is 5.56 Å². The minimum Gasteiger partial charge on any atom is -0.354 e. The van der Waals surface area contributed by atoms with E-state index in [0.29, 0.717) is 27.9 Å². The number of carbonyl (C=O) groups excluding carboxylic acids is 1. The van der Waals surface area contributed by atoms with Gasteiger partial charge in [0.1, 0.15) is 11.6 Å². The maximum Gasteiger partial charge on any atom is 0.256 e. The summed E-state index contributed by atoms with van der Waals surface area (Å²) in [4.78, 5) is 31.5. The molecule has 2 aromatic heterocycles. The molecule has 0 aliphatic carbocycles. The van der Waals surface area contributed by atoms with Crippen LogP contribution < -0.4 is 16.2 Å². The molecule has 3 heterocycles. The second-order valence-corrected chi connectivity index (χ2v) is 7.59. The van der Waals surface area contributed by atoms with Gasteiger partial charge in [-0.15, -0.1) is 0 Å². The molecule has 1 aliphatic heterocycles. The van der Waals surface area contributed by atoms with Crippen molar-refractivity contribution in [3.8, 4) is 11.1 Å². The van der Waals surface area contributed by atoms with Crippen LogP contribution in [0.1, 0.15) is 31.0 Å². The Balaban J connectivity index is 1.85. The zero-order chi connectivity index (χ0) is 20.7. The van der Waals surface area contributed by atoms with E-state index >= 15 is 0 Å². The first-order valence-corrected chi connectivity index (χ1v) is 9.48. The molecule has 3 aromatic rings. The SMILES string of the molecule is CC(C)c1[nH]c(=O)c(-c2cc(Cl)ccc2F)cc1Nc1ccnc2c1CC(=O)N2. The Kier molecular flexibility index (Phi) is 4.84. The number of halogens is 2. The van der Waals surface area contributed by atoms with Gasteiger partial charge in [0, 0.05) is 33.7 Å². The Morgan fingerprint density at radius 2 is 1.93 bits per heavy atom. The van der Waals surface area contributed by atoms with Crippen LogP contribution in [0.25, 0.3) is 11.1 Å². The fraction of sp³-hybridized carbons (Fsp3) is 0.190. The fourth-order valence-electron chi connectivity index (χ4n) is 3.39. The highest BCUT2D eigenvalue weighted by Gasteiger charge is 2.23. The third kappa shape index (κ3) is 3.61. The highest BCUT2D eigenvalue weighted by atomic mass is 35.5. The molecule has 0 radical (unpaired) electrons. The predicted octanol–water partition coefficient (Wildman–Crippen LogP) is 4.59. The quantitative estimate of drug-likeness (QED) is 0.584. The first-order chi connectivity index (χ1) is 13.8. The summed E-state index contributed by atoms with van der Waals surface area (Å²) in [6, 6.07) is 7.45. The van der Waals surface area contributed by atoms with Crippen LogP contribution in [0.2, 0.25) is 5.02 Å². The Morgan fingerprint density at radius 3 is 2.69 bits per heavy atom. The average Bonchev–Trinajstić information content (AvgIpc) is 3.06. The van der Waals surface area contributed by atoms with E-state index in [9.17, 15) is 14.0 Å². The number of nitrogens with zero attached hydrogens (tertiary/aromatic N) is 1. The minimum absolute atomic E-state index is 0.00176. The number of hydrogen-bond acceptors (Lipinski definition) is 4. The summed E-state index contributed by atoms with van der Waals surface area (Å²) < 4.78 is 14.4. The molecule has 0 saturated carbocycles. The molecule has 0 spiro atoms. The molecule has 0 bridgehead atoms. The van der Waals surface area contributed by atoms with Crippen molar-refractivity contribution < 1.29 is 9.18 Å². The van der Waals surface area contributed by atoms with Gasteiger partial charge in [0.05, 0.1) is 17.7 Å². The number of H-pyrrole nitrogens is 1. The lowest BCUT2D eigenvalue weighted by atomic mass is 10.0. The van der Waals surface area contributed by atoms with Crippen LogP contribution in [0.15, 0.2) is 41.3 Å². The van der Waals surface area contributed by atoms with E-state index in [1.807, 2.05) is 13.8 Å². The molecular formula is C21H18ClFN4O2. The smallest absolute Gasteiger partial charge is 0.256 e. The molecule has 0 atom stereocenters. The second kappa shape index (κ2) is 7.33. The average molecular weight is 413 g/mol. The van der Waals surface area contributed by atoms with Crippen LogP contribution in [-0.2, 0) is 11.2 Å². The van der Waals surface area contributed by atoms with Gasteiger partial charge in [-0.05, 0) is 36.2 Å². The van der Waals surface area contributed by atoms with Gasteiger partial charge in [-0.25, -0.2) is 9.37 Å². The van der Waals surface area contributed by atoms with E-state index in [2.05, 4.69) is 20.6 Å². The first-order valence-electron chi connectivity index (χ1n) is 9.11. The summed E-state index contributed by atoms with van der Waals surface area (Å²) in [5, 5.41) is 6.33. The number of rotatable bonds is 4. The van der Waals surface area contributed by atoms with E-state index < -0.39 is 11.4 Å². The molecule has 148 valence electrons. The van der Waals surface area contributed by atoms with Crippen molar-refractivity contribution in [2.24, 2.45) is 0 Å². The zero-order valence-corrected chi connectivity index (χ0v) is 16.5. The summed E-state index contributed by atoms with van der Waals surface area (Å²) in [6.07, 6.45) is 1.80. The Hall–Kier alpha value is -3.19. The molecule has 0 unspecified atom stereocenters. The number of benzene rings is 1. The second-order valence-electron chi connectivity index (χ2n) is 7.15. The lowest BCUT2D eigenvalue weighted by Crippen LogP contribution is -2.15. The van der Waals surface area contributed by atoms with Crippen molar-refractivity contribution >= 4 is 34.7 Å². The Morgan fingerprint density at radius 1 is 1.14 bits per heavy atom. The summed E-state index contributed by atoms with van der Waals surface area (Å²) in [5.74, 6) is -0.161. The highest BCUT2D eigenvalue weighted by molar-refractivity contribution is 6.30. The number of hydrogen-bond donors (Lipinski definition) is 3. The van der Waals surface area contributed by atoms with Gasteiger partial charge in [-0.1, -0.05) is 25.4 Å². The van der Waals surface area contributed by atoms with E-state index in [-0.39, 0.29) is 29.4 Å². The van der Waals surface area contributed by atoms with Crippen LogP contribution in [0.3, 0.4) is 0 Å². The van der Waals surface area contributed by atoms with Gasteiger partial charge in [-0.3, -0.25) is 9.59 Å². The monoisotopic (exact) mass is 412 g/mol. The first kappa shape index (κ1) is 19.1. The molecule has 8 heteroatoms. The standard InChI is InChI=1S/C21H18ClFN4O2/c1-10(2)19-17(25-16-5-6-24-20-14(16)9-18(28)26-20)8-13(21(29)27-19)12-7-11(22)3-4-15(12)23/h3-8,10H,9H2,1-2H3,(H,27,29)(H2,24,25,26,28). The van der Waals surface area contributed by atoms with Crippen molar-refractivity contribution in [1.29, 1.82) is 0 Å². The largest absolute Gasteiger partial charge is 0.354 e. The van der Waals surface area contributed by atoms with E-state index in [4.69, 9.17) is 11.6 Å². The highest BCUT2D eigenvalue weighted by Crippen LogP contribution is 2.34. The third-order valence-corrected chi connectivity index (χ3v) is 5.02. The number of nitrogens with one attached hydrogen (secondary N) is 3.